The molecule has 0 saturated carbocycles. The van der Waals surface area contributed by atoms with Gasteiger partial charge in [-0.05, 0) is 18.2 Å². The third kappa shape index (κ3) is 3.11. The molecular formula is C17H16N4O2. The Labute approximate surface area is 132 Å². The summed E-state index contributed by atoms with van der Waals surface area (Å²) < 4.78 is 1.19. The highest BCUT2D eigenvalue weighted by atomic mass is 16.2. The smallest absolute Gasteiger partial charge is 0.274 e. The van der Waals surface area contributed by atoms with E-state index in [2.05, 4.69) is 15.4 Å². The first-order valence-electron chi connectivity index (χ1n) is 7.31. The first-order chi connectivity index (χ1) is 11.2. The van der Waals surface area contributed by atoms with Crippen molar-refractivity contribution in [1.82, 2.24) is 20.1 Å². The van der Waals surface area contributed by atoms with E-state index in [4.69, 9.17) is 0 Å². The first-order valence-corrected chi connectivity index (χ1v) is 7.31. The molecule has 3 rings (SSSR count). The molecular weight excluding hydrogens is 292 g/mol. The molecule has 116 valence electrons. The van der Waals surface area contributed by atoms with Crippen molar-refractivity contribution in [2.45, 2.75) is 6.42 Å². The van der Waals surface area contributed by atoms with Gasteiger partial charge in [0.25, 0.3) is 11.5 Å². The highest BCUT2D eigenvalue weighted by Gasteiger charge is 2.14. The van der Waals surface area contributed by atoms with Crippen molar-refractivity contribution in [3.63, 3.8) is 0 Å². The second-order valence-corrected chi connectivity index (χ2v) is 5.15. The monoisotopic (exact) mass is 308 g/mol. The number of carbonyl (C=O) groups is 1. The van der Waals surface area contributed by atoms with Gasteiger partial charge in [-0.15, -0.1) is 0 Å². The van der Waals surface area contributed by atoms with Gasteiger partial charge in [-0.3, -0.25) is 14.6 Å². The number of carbonyl (C=O) groups excluding carboxylic acids is 1. The number of hydrogen-bond acceptors (Lipinski definition) is 4. The lowest BCUT2D eigenvalue weighted by Crippen LogP contribution is -2.30. The van der Waals surface area contributed by atoms with Gasteiger partial charge in [0.2, 0.25) is 0 Å². The van der Waals surface area contributed by atoms with Crippen molar-refractivity contribution in [2.24, 2.45) is 7.05 Å². The highest BCUT2D eigenvalue weighted by molar-refractivity contribution is 6.04. The summed E-state index contributed by atoms with van der Waals surface area (Å²) in [5.41, 5.74) is 0.945. The fraction of sp³-hybridized carbons (Fsp3) is 0.176. The summed E-state index contributed by atoms with van der Waals surface area (Å²) in [6, 6.07) is 12.7. The number of nitrogens with zero attached hydrogens (tertiary/aromatic N) is 3. The quantitative estimate of drug-likeness (QED) is 0.788. The average molecular weight is 308 g/mol. The zero-order chi connectivity index (χ0) is 16.2. The van der Waals surface area contributed by atoms with Crippen molar-refractivity contribution in [3.8, 4) is 0 Å². The van der Waals surface area contributed by atoms with E-state index in [1.54, 1.807) is 37.5 Å². The third-order valence-electron chi connectivity index (χ3n) is 3.56. The van der Waals surface area contributed by atoms with Crippen LogP contribution in [0.1, 0.15) is 16.2 Å². The molecule has 2 heterocycles. The molecule has 0 aliphatic rings. The van der Waals surface area contributed by atoms with Gasteiger partial charge in [0.15, 0.2) is 5.69 Å². The van der Waals surface area contributed by atoms with Crippen LogP contribution < -0.4 is 10.9 Å². The lowest BCUT2D eigenvalue weighted by molar-refractivity contribution is 0.0949. The Morgan fingerprint density at radius 2 is 1.87 bits per heavy atom. The zero-order valence-electron chi connectivity index (χ0n) is 12.7. The molecule has 0 bridgehead atoms. The standard InChI is InChI=1S/C17H16N4O2/c1-21-17(23)14-8-3-2-7-13(14)15(20-21)16(22)19-11-9-12-6-4-5-10-18-12/h2-8,10H,9,11H2,1H3,(H,19,22). The van der Waals surface area contributed by atoms with Gasteiger partial charge < -0.3 is 5.32 Å². The molecule has 0 unspecified atom stereocenters. The highest BCUT2D eigenvalue weighted by Crippen LogP contribution is 2.12. The maximum atomic E-state index is 12.4. The number of aryl methyl sites for hydroxylation is 1. The number of hydrogen-bond donors (Lipinski definition) is 1. The van der Waals surface area contributed by atoms with E-state index < -0.39 is 0 Å². The summed E-state index contributed by atoms with van der Waals surface area (Å²) in [5, 5.41) is 7.98. The third-order valence-corrected chi connectivity index (χ3v) is 3.56. The van der Waals surface area contributed by atoms with Crippen molar-refractivity contribution in [1.29, 1.82) is 0 Å². The topological polar surface area (TPSA) is 76.9 Å². The minimum absolute atomic E-state index is 0.217. The van der Waals surface area contributed by atoms with Gasteiger partial charge >= 0.3 is 0 Å². The number of nitrogens with one attached hydrogen (secondary N) is 1. The lowest BCUT2D eigenvalue weighted by Gasteiger charge is -2.08. The van der Waals surface area contributed by atoms with Crippen LogP contribution in [-0.4, -0.2) is 27.2 Å². The molecule has 1 amide bonds. The van der Waals surface area contributed by atoms with Gasteiger partial charge in [-0.1, -0.05) is 24.3 Å². The van der Waals surface area contributed by atoms with Crippen LogP contribution in [-0.2, 0) is 13.5 Å². The molecule has 0 fully saturated rings. The molecule has 1 N–H and O–H groups in total. The molecule has 0 saturated heterocycles. The van der Waals surface area contributed by atoms with E-state index in [1.807, 2.05) is 18.2 Å². The molecule has 3 aromatic rings. The van der Waals surface area contributed by atoms with Crippen LogP contribution in [0.25, 0.3) is 10.8 Å². The Morgan fingerprint density at radius 3 is 2.61 bits per heavy atom. The molecule has 0 aliphatic carbocycles. The summed E-state index contributed by atoms with van der Waals surface area (Å²) in [6.45, 7) is 0.453. The Balaban J connectivity index is 1.81. The van der Waals surface area contributed by atoms with E-state index in [1.165, 1.54) is 4.68 Å². The summed E-state index contributed by atoms with van der Waals surface area (Å²) in [4.78, 5) is 28.7. The van der Waals surface area contributed by atoms with Crippen LogP contribution in [0.4, 0.5) is 0 Å². The Bertz CT molecular complexity index is 903. The molecule has 6 nitrogen and oxygen atoms in total. The maximum Gasteiger partial charge on any atom is 0.274 e. The summed E-state index contributed by atoms with van der Waals surface area (Å²) in [5.74, 6) is -0.298. The molecule has 0 spiro atoms. The largest absolute Gasteiger partial charge is 0.350 e. The molecule has 0 aliphatic heterocycles. The molecule has 23 heavy (non-hydrogen) atoms. The molecule has 2 aromatic heterocycles. The number of pyridine rings is 1. The van der Waals surface area contributed by atoms with E-state index in [-0.39, 0.29) is 17.2 Å². The predicted molar refractivity (Wildman–Crippen MR) is 87.3 cm³/mol. The summed E-state index contributed by atoms with van der Waals surface area (Å²) in [7, 11) is 1.54. The molecule has 1 aromatic carbocycles. The fourth-order valence-corrected chi connectivity index (χ4v) is 2.40. The van der Waals surface area contributed by atoms with E-state index in [9.17, 15) is 9.59 Å². The lowest BCUT2D eigenvalue weighted by atomic mass is 10.1. The Hall–Kier alpha value is -3.02. The van der Waals surface area contributed by atoms with Gasteiger partial charge in [0.1, 0.15) is 0 Å². The van der Waals surface area contributed by atoms with Crippen molar-refractivity contribution < 1.29 is 4.79 Å². The van der Waals surface area contributed by atoms with E-state index >= 15 is 0 Å². The van der Waals surface area contributed by atoms with Crippen LogP contribution in [0, 0.1) is 0 Å². The minimum Gasteiger partial charge on any atom is -0.350 e. The van der Waals surface area contributed by atoms with Crippen molar-refractivity contribution in [2.75, 3.05) is 6.54 Å². The maximum absolute atomic E-state index is 12.4. The van der Waals surface area contributed by atoms with Gasteiger partial charge in [0.05, 0.1) is 5.39 Å². The zero-order valence-corrected chi connectivity index (χ0v) is 12.7. The van der Waals surface area contributed by atoms with E-state index in [0.29, 0.717) is 23.7 Å². The van der Waals surface area contributed by atoms with Crippen molar-refractivity contribution in [3.05, 3.63) is 70.4 Å². The Kier molecular flexibility index (Phi) is 4.14. The van der Waals surface area contributed by atoms with Crippen LogP contribution >= 0.6 is 0 Å². The average Bonchev–Trinajstić information content (AvgIpc) is 2.59. The van der Waals surface area contributed by atoms with Crippen LogP contribution in [0.15, 0.2) is 53.5 Å². The van der Waals surface area contributed by atoms with Gasteiger partial charge in [-0.25, -0.2) is 4.68 Å². The number of aromatic nitrogens is 3. The number of benzene rings is 1. The number of amides is 1. The fourth-order valence-electron chi connectivity index (χ4n) is 2.40. The Morgan fingerprint density at radius 1 is 1.13 bits per heavy atom. The van der Waals surface area contributed by atoms with Crippen LogP contribution in [0.5, 0.6) is 0 Å². The second kappa shape index (κ2) is 6.39. The molecule has 6 heteroatoms. The normalized spacial score (nSPS) is 10.7. The number of rotatable bonds is 4. The van der Waals surface area contributed by atoms with Gasteiger partial charge in [0, 0.05) is 37.3 Å². The predicted octanol–water partition coefficient (Wildman–Crippen LogP) is 1.30. The van der Waals surface area contributed by atoms with E-state index in [0.717, 1.165) is 5.69 Å². The first kappa shape index (κ1) is 14.9. The molecule has 0 atom stereocenters. The number of fused-ring (bicyclic) bond motifs is 1. The minimum atomic E-state index is -0.298. The summed E-state index contributed by atoms with van der Waals surface area (Å²) >= 11 is 0. The SMILES string of the molecule is Cn1nc(C(=O)NCCc2ccccn2)c2ccccc2c1=O. The van der Waals surface area contributed by atoms with Crippen LogP contribution in [0.3, 0.4) is 0 Å². The van der Waals surface area contributed by atoms with Crippen molar-refractivity contribution >= 4 is 16.7 Å². The second-order valence-electron chi connectivity index (χ2n) is 5.15. The molecule has 0 radical (unpaired) electrons. The summed E-state index contributed by atoms with van der Waals surface area (Å²) in [6.07, 6.45) is 2.36. The van der Waals surface area contributed by atoms with Gasteiger partial charge in [-0.2, -0.15) is 5.10 Å². The van der Waals surface area contributed by atoms with Crippen LogP contribution in [0.2, 0.25) is 0 Å².